The molecule has 0 aromatic carbocycles. The molecule has 0 spiro atoms. The molecule has 1 aromatic rings. The van der Waals surface area contributed by atoms with Gasteiger partial charge in [0.15, 0.2) is 5.15 Å². The molecule has 5 heteroatoms. The van der Waals surface area contributed by atoms with Crippen LogP contribution in [-0.2, 0) is 9.53 Å². The van der Waals surface area contributed by atoms with Gasteiger partial charge < -0.3 is 10.1 Å². The van der Waals surface area contributed by atoms with E-state index in [0.717, 1.165) is 5.56 Å². The van der Waals surface area contributed by atoms with Crippen LogP contribution < -0.4 is 5.32 Å². The molecule has 1 amide bonds. The Kier molecular flexibility index (Phi) is 4.05. The average Bonchev–Trinajstić information content (AvgIpc) is 2.22. The summed E-state index contributed by atoms with van der Waals surface area (Å²) < 4.78 is 4.89. The lowest BCUT2D eigenvalue weighted by molar-refractivity contribution is -0.124. The van der Waals surface area contributed by atoms with Crippen LogP contribution in [0.15, 0.2) is 12.3 Å². The lowest BCUT2D eigenvalue weighted by atomic mass is 10.2. The molecular weight excluding hydrogens is 216 g/mol. The number of aromatic nitrogens is 1. The van der Waals surface area contributed by atoms with E-state index in [-0.39, 0.29) is 11.1 Å². The van der Waals surface area contributed by atoms with E-state index in [9.17, 15) is 4.79 Å². The maximum atomic E-state index is 11.5. The Balaban J connectivity index is 2.85. The van der Waals surface area contributed by atoms with Crippen LogP contribution in [0.2, 0.25) is 5.15 Å². The first-order chi connectivity index (χ1) is 7.06. The predicted molar refractivity (Wildman–Crippen MR) is 59.1 cm³/mol. The highest BCUT2D eigenvalue weighted by molar-refractivity contribution is 6.32. The van der Waals surface area contributed by atoms with Crippen LogP contribution in [0.25, 0.3) is 0 Å². The van der Waals surface area contributed by atoms with Crippen molar-refractivity contribution in [3.8, 4) is 0 Å². The zero-order valence-electron chi connectivity index (χ0n) is 8.87. The summed E-state index contributed by atoms with van der Waals surface area (Å²) >= 11 is 5.85. The van der Waals surface area contributed by atoms with Crippen molar-refractivity contribution in [2.75, 3.05) is 12.4 Å². The quantitative estimate of drug-likeness (QED) is 0.806. The molecule has 1 unspecified atom stereocenters. The van der Waals surface area contributed by atoms with Crippen LogP contribution in [0, 0.1) is 6.92 Å². The summed E-state index contributed by atoms with van der Waals surface area (Å²) in [6.45, 7) is 3.51. The van der Waals surface area contributed by atoms with E-state index < -0.39 is 6.10 Å². The summed E-state index contributed by atoms with van der Waals surface area (Å²) in [5.41, 5.74) is 1.40. The summed E-state index contributed by atoms with van der Waals surface area (Å²) in [6.07, 6.45) is 1.08. The number of methoxy groups -OCH3 is 1. The minimum Gasteiger partial charge on any atom is -0.372 e. The highest BCUT2D eigenvalue weighted by Crippen LogP contribution is 2.22. The second kappa shape index (κ2) is 5.09. The lowest BCUT2D eigenvalue weighted by Gasteiger charge is -2.12. The summed E-state index contributed by atoms with van der Waals surface area (Å²) in [5, 5.41) is 2.95. The van der Waals surface area contributed by atoms with Gasteiger partial charge in [0.05, 0.1) is 5.69 Å². The van der Waals surface area contributed by atoms with Gasteiger partial charge in [-0.1, -0.05) is 11.6 Å². The average molecular weight is 229 g/mol. The molecule has 0 radical (unpaired) electrons. The molecule has 0 saturated carbocycles. The van der Waals surface area contributed by atoms with Crippen LogP contribution in [0.5, 0.6) is 0 Å². The smallest absolute Gasteiger partial charge is 0.253 e. The van der Waals surface area contributed by atoms with E-state index in [1.165, 1.54) is 7.11 Å². The van der Waals surface area contributed by atoms with Gasteiger partial charge in [-0.25, -0.2) is 4.98 Å². The van der Waals surface area contributed by atoms with E-state index in [0.29, 0.717) is 5.69 Å². The largest absolute Gasteiger partial charge is 0.372 e. The summed E-state index contributed by atoms with van der Waals surface area (Å²) in [4.78, 5) is 15.4. The number of hydrogen-bond acceptors (Lipinski definition) is 3. The monoisotopic (exact) mass is 228 g/mol. The third-order valence-corrected chi connectivity index (χ3v) is 2.37. The number of hydrogen-bond donors (Lipinski definition) is 1. The highest BCUT2D eigenvalue weighted by Gasteiger charge is 2.14. The Labute approximate surface area is 93.6 Å². The minimum absolute atomic E-state index is 0.240. The molecule has 0 saturated heterocycles. The zero-order valence-corrected chi connectivity index (χ0v) is 9.63. The molecule has 1 heterocycles. The number of rotatable bonds is 3. The summed E-state index contributed by atoms with van der Waals surface area (Å²) in [6, 6.07) is 1.78. The van der Waals surface area contributed by atoms with E-state index in [4.69, 9.17) is 16.3 Å². The number of pyridine rings is 1. The minimum atomic E-state index is -0.513. The zero-order chi connectivity index (χ0) is 11.4. The van der Waals surface area contributed by atoms with Crippen LogP contribution >= 0.6 is 11.6 Å². The number of nitrogens with zero attached hydrogens (tertiary/aromatic N) is 1. The third kappa shape index (κ3) is 2.91. The fourth-order valence-corrected chi connectivity index (χ4v) is 1.26. The van der Waals surface area contributed by atoms with Crippen LogP contribution in [0.1, 0.15) is 12.5 Å². The molecule has 1 rings (SSSR count). The van der Waals surface area contributed by atoms with E-state index in [1.807, 2.05) is 6.92 Å². The molecule has 0 aliphatic carbocycles. The second-order valence-corrected chi connectivity index (χ2v) is 3.52. The van der Waals surface area contributed by atoms with Crippen molar-refractivity contribution in [2.45, 2.75) is 20.0 Å². The molecule has 0 fully saturated rings. The molecule has 0 aliphatic heterocycles. The van der Waals surface area contributed by atoms with Crippen molar-refractivity contribution in [3.05, 3.63) is 23.0 Å². The van der Waals surface area contributed by atoms with Crippen LogP contribution in [0.3, 0.4) is 0 Å². The van der Waals surface area contributed by atoms with Gasteiger partial charge >= 0.3 is 0 Å². The highest BCUT2D eigenvalue weighted by atomic mass is 35.5. The SMILES string of the molecule is COC(C)C(=O)Nc1c(C)ccnc1Cl. The van der Waals surface area contributed by atoms with E-state index in [1.54, 1.807) is 19.2 Å². The number of carbonyl (C=O) groups is 1. The number of ether oxygens (including phenoxy) is 1. The Bertz CT molecular complexity index is 348. The maximum Gasteiger partial charge on any atom is 0.253 e. The number of nitrogens with one attached hydrogen (secondary N) is 1. The summed E-state index contributed by atoms with van der Waals surface area (Å²) in [7, 11) is 1.47. The molecule has 0 bridgehead atoms. The van der Waals surface area contributed by atoms with Crippen molar-refractivity contribution in [2.24, 2.45) is 0 Å². The molecule has 0 aliphatic rings. The van der Waals surface area contributed by atoms with Crippen molar-refractivity contribution in [3.63, 3.8) is 0 Å². The first-order valence-corrected chi connectivity index (χ1v) is 4.88. The Hall–Kier alpha value is -1.13. The Morgan fingerprint density at radius 1 is 1.67 bits per heavy atom. The third-order valence-electron chi connectivity index (χ3n) is 2.08. The van der Waals surface area contributed by atoms with E-state index >= 15 is 0 Å². The first kappa shape index (κ1) is 11.9. The molecular formula is C10H13ClN2O2. The topological polar surface area (TPSA) is 51.2 Å². The van der Waals surface area contributed by atoms with Gasteiger partial charge in [-0.2, -0.15) is 0 Å². The number of carbonyl (C=O) groups excluding carboxylic acids is 1. The fraction of sp³-hybridized carbons (Fsp3) is 0.400. The number of aryl methyl sites for hydroxylation is 1. The molecule has 15 heavy (non-hydrogen) atoms. The van der Waals surface area contributed by atoms with Gasteiger partial charge in [0, 0.05) is 13.3 Å². The van der Waals surface area contributed by atoms with E-state index in [2.05, 4.69) is 10.3 Å². The Morgan fingerprint density at radius 3 is 2.87 bits per heavy atom. The van der Waals surface area contributed by atoms with Gasteiger partial charge in [-0.15, -0.1) is 0 Å². The normalized spacial score (nSPS) is 12.3. The Morgan fingerprint density at radius 2 is 2.33 bits per heavy atom. The van der Waals surface area contributed by atoms with Gasteiger partial charge in [0.25, 0.3) is 5.91 Å². The molecule has 4 nitrogen and oxygen atoms in total. The van der Waals surface area contributed by atoms with Crippen molar-refractivity contribution >= 4 is 23.2 Å². The number of amides is 1. The van der Waals surface area contributed by atoms with Gasteiger partial charge in [-0.3, -0.25) is 4.79 Å². The molecule has 1 N–H and O–H groups in total. The predicted octanol–water partition coefficient (Wildman–Crippen LogP) is 2.02. The van der Waals surface area contributed by atoms with Crippen molar-refractivity contribution < 1.29 is 9.53 Å². The molecule has 1 atom stereocenters. The van der Waals surface area contributed by atoms with Crippen molar-refractivity contribution in [1.29, 1.82) is 0 Å². The van der Waals surface area contributed by atoms with Gasteiger partial charge in [0.2, 0.25) is 0 Å². The second-order valence-electron chi connectivity index (χ2n) is 3.16. The standard InChI is InChI=1S/C10H13ClN2O2/c1-6-4-5-12-9(11)8(6)13-10(14)7(2)15-3/h4-5,7H,1-3H3,(H,13,14). The van der Waals surface area contributed by atoms with Gasteiger partial charge in [0.1, 0.15) is 6.10 Å². The van der Waals surface area contributed by atoms with Crippen LogP contribution in [0.4, 0.5) is 5.69 Å². The maximum absolute atomic E-state index is 11.5. The number of halogens is 1. The summed E-state index contributed by atoms with van der Waals surface area (Å²) in [5.74, 6) is -0.240. The molecule has 82 valence electrons. The van der Waals surface area contributed by atoms with Crippen molar-refractivity contribution in [1.82, 2.24) is 4.98 Å². The first-order valence-electron chi connectivity index (χ1n) is 4.51. The van der Waals surface area contributed by atoms with Gasteiger partial charge in [-0.05, 0) is 25.5 Å². The molecule has 1 aromatic heterocycles. The number of anilines is 1. The fourth-order valence-electron chi connectivity index (χ4n) is 1.01. The lowest BCUT2D eigenvalue weighted by Crippen LogP contribution is -2.27. The van der Waals surface area contributed by atoms with Crippen LogP contribution in [-0.4, -0.2) is 24.1 Å².